The largest absolute Gasteiger partial charge is 0.310 e. The summed E-state index contributed by atoms with van der Waals surface area (Å²) in [6.07, 6.45) is 0. The second kappa shape index (κ2) is 9.53. The average Bonchev–Trinajstić information content (AvgIpc) is 3.73. The molecule has 1 nitrogen and oxygen atoms in total. The molecule has 0 N–H and O–H groups in total. The van der Waals surface area contributed by atoms with Crippen LogP contribution < -0.4 is 4.90 Å². The lowest BCUT2D eigenvalue weighted by Crippen LogP contribution is -2.16. The number of rotatable bonds is 3. The van der Waals surface area contributed by atoms with Crippen molar-refractivity contribution in [2.75, 3.05) is 4.90 Å². The summed E-state index contributed by atoms with van der Waals surface area (Å²) in [5.41, 5.74) is 8.93. The Kier molecular flexibility index (Phi) is 5.44. The maximum atomic E-state index is 2.51. The van der Waals surface area contributed by atoms with E-state index in [-0.39, 0.29) is 5.41 Å². The first kappa shape index (κ1) is 26.3. The fourth-order valence-electron chi connectivity index (χ4n) is 7.87. The lowest BCUT2D eigenvalue weighted by atomic mass is 9.82. The molecule has 0 fully saturated rings. The van der Waals surface area contributed by atoms with E-state index in [4.69, 9.17) is 0 Å². The van der Waals surface area contributed by atoms with Crippen molar-refractivity contribution < 1.29 is 0 Å². The molecule has 3 heteroatoms. The van der Waals surface area contributed by atoms with Crippen LogP contribution in [0.15, 0.2) is 140 Å². The van der Waals surface area contributed by atoms with Gasteiger partial charge in [-0.05, 0) is 76.0 Å². The molecule has 2 heterocycles. The highest BCUT2D eigenvalue weighted by Gasteiger charge is 2.37. The zero-order valence-electron chi connectivity index (χ0n) is 25.5. The molecule has 218 valence electrons. The summed E-state index contributed by atoms with van der Waals surface area (Å²) < 4.78 is 5.31. The number of benzene rings is 7. The van der Waals surface area contributed by atoms with Crippen LogP contribution in [0.3, 0.4) is 0 Å². The van der Waals surface area contributed by atoms with Crippen molar-refractivity contribution in [1.82, 2.24) is 0 Å². The van der Waals surface area contributed by atoms with Gasteiger partial charge in [0.15, 0.2) is 0 Å². The van der Waals surface area contributed by atoms with Gasteiger partial charge < -0.3 is 4.90 Å². The fourth-order valence-corrected chi connectivity index (χ4v) is 10.1. The molecule has 0 saturated carbocycles. The molecule has 46 heavy (non-hydrogen) atoms. The van der Waals surface area contributed by atoms with Gasteiger partial charge >= 0.3 is 0 Å². The molecule has 9 aromatic rings. The molecule has 1 aliphatic carbocycles. The zero-order chi connectivity index (χ0) is 30.6. The summed E-state index contributed by atoms with van der Waals surface area (Å²) in [5.74, 6) is 0. The van der Waals surface area contributed by atoms with E-state index in [1.54, 1.807) is 0 Å². The number of thiophene rings is 2. The van der Waals surface area contributed by atoms with Crippen molar-refractivity contribution in [3.63, 3.8) is 0 Å². The molecular formula is C43H29NS2. The van der Waals surface area contributed by atoms with Gasteiger partial charge in [-0.25, -0.2) is 0 Å². The molecule has 0 unspecified atom stereocenters. The van der Waals surface area contributed by atoms with Gasteiger partial charge in [-0.2, -0.15) is 0 Å². The minimum Gasteiger partial charge on any atom is -0.310 e. The Labute approximate surface area is 275 Å². The molecule has 0 atom stereocenters. The van der Waals surface area contributed by atoms with E-state index < -0.39 is 0 Å². The van der Waals surface area contributed by atoms with Crippen LogP contribution in [0.25, 0.3) is 62.2 Å². The highest BCUT2D eigenvalue weighted by molar-refractivity contribution is 7.26. The fraction of sp³-hybridized carbons (Fsp3) is 0.0698. The molecule has 0 aliphatic heterocycles. The predicted octanol–water partition coefficient (Wildman–Crippen LogP) is 13.4. The Morgan fingerprint density at radius 2 is 1.13 bits per heavy atom. The Morgan fingerprint density at radius 3 is 2.02 bits per heavy atom. The average molecular weight is 624 g/mol. The predicted molar refractivity (Wildman–Crippen MR) is 202 cm³/mol. The second-order valence-electron chi connectivity index (χ2n) is 12.9. The van der Waals surface area contributed by atoms with Gasteiger partial charge in [-0.1, -0.05) is 105 Å². The number of hydrogen-bond acceptors (Lipinski definition) is 3. The minimum absolute atomic E-state index is 0.0752. The summed E-state index contributed by atoms with van der Waals surface area (Å²) in [7, 11) is 0. The normalized spacial score (nSPS) is 13.6. The van der Waals surface area contributed by atoms with Crippen LogP contribution in [0.1, 0.15) is 25.0 Å². The van der Waals surface area contributed by atoms with Crippen LogP contribution in [-0.4, -0.2) is 0 Å². The van der Waals surface area contributed by atoms with Crippen LogP contribution in [0, 0.1) is 0 Å². The van der Waals surface area contributed by atoms with Crippen LogP contribution in [0.4, 0.5) is 17.1 Å². The molecule has 0 bridgehead atoms. The number of anilines is 3. The van der Waals surface area contributed by atoms with E-state index in [1.807, 2.05) is 22.7 Å². The topological polar surface area (TPSA) is 3.24 Å². The number of fused-ring (bicyclic) bond motifs is 11. The number of nitrogens with zero attached hydrogens (tertiary/aromatic N) is 1. The van der Waals surface area contributed by atoms with Crippen molar-refractivity contribution in [2.24, 2.45) is 0 Å². The molecule has 10 rings (SSSR count). The van der Waals surface area contributed by atoms with E-state index in [2.05, 4.69) is 158 Å². The third-order valence-electron chi connectivity index (χ3n) is 10.0. The standard InChI is InChI=1S/C43H29NS2/c1-43(2)34-13-6-3-11-31(34)42-35(43)14-9-15-36(42)44(28-21-22-30-29-10-4-7-16-37(29)46-40(30)25-28)27-20-18-26-19-23-39-41(33(26)24-27)32-12-5-8-17-38(32)45-39/h3-25H,1-2H3. The first-order chi connectivity index (χ1) is 22.6. The lowest BCUT2D eigenvalue weighted by Gasteiger charge is -2.29. The molecule has 0 saturated heterocycles. The molecule has 2 aromatic heterocycles. The first-order valence-electron chi connectivity index (χ1n) is 15.9. The summed E-state index contributed by atoms with van der Waals surface area (Å²) in [6, 6.07) is 52.1. The van der Waals surface area contributed by atoms with Gasteiger partial charge in [0.2, 0.25) is 0 Å². The molecule has 0 amide bonds. The van der Waals surface area contributed by atoms with E-state index in [9.17, 15) is 0 Å². The van der Waals surface area contributed by atoms with Crippen molar-refractivity contribution in [2.45, 2.75) is 19.3 Å². The van der Waals surface area contributed by atoms with Gasteiger partial charge in [-0.3, -0.25) is 0 Å². The monoisotopic (exact) mass is 623 g/mol. The van der Waals surface area contributed by atoms with E-state index in [1.165, 1.54) is 90.4 Å². The highest BCUT2D eigenvalue weighted by Crippen LogP contribution is 2.54. The SMILES string of the molecule is CC1(C)c2ccccc2-c2c(N(c3ccc4c(c3)sc3ccccc34)c3ccc4ccc5sc6ccccc6c5c4c3)cccc21. The molecule has 7 aromatic carbocycles. The summed E-state index contributed by atoms with van der Waals surface area (Å²) in [6.45, 7) is 4.73. The van der Waals surface area contributed by atoms with Gasteiger partial charge in [-0.15, -0.1) is 22.7 Å². The van der Waals surface area contributed by atoms with Gasteiger partial charge in [0.1, 0.15) is 0 Å². The Hall–Kier alpha value is -4.96. The van der Waals surface area contributed by atoms with Gasteiger partial charge in [0, 0.05) is 62.7 Å². The maximum absolute atomic E-state index is 2.51. The van der Waals surface area contributed by atoms with E-state index >= 15 is 0 Å². The zero-order valence-corrected chi connectivity index (χ0v) is 27.2. The highest BCUT2D eigenvalue weighted by atomic mass is 32.1. The quantitative estimate of drug-likeness (QED) is 0.189. The summed E-state index contributed by atoms with van der Waals surface area (Å²) >= 11 is 3.76. The molecule has 1 aliphatic rings. The summed E-state index contributed by atoms with van der Waals surface area (Å²) in [5, 5.41) is 7.90. The molecular weight excluding hydrogens is 595 g/mol. The van der Waals surface area contributed by atoms with Crippen molar-refractivity contribution >= 4 is 90.9 Å². The van der Waals surface area contributed by atoms with Crippen LogP contribution in [0.5, 0.6) is 0 Å². The Balaban J connectivity index is 1.29. The Bertz CT molecular complexity index is 2690. The molecule has 0 spiro atoms. The maximum Gasteiger partial charge on any atom is 0.0543 e. The van der Waals surface area contributed by atoms with Crippen molar-refractivity contribution in [3.05, 3.63) is 151 Å². The number of hydrogen-bond donors (Lipinski definition) is 0. The smallest absolute Gasteiger partial charge is 0.0543 e. The second-order valence-corrected chi connectivity index (χ2v) is 15.1. The van der Waals surface area contributed by atoms with Crippen molar-refractivity contribution in [1.29, 1.82) is 0 Å². The van der Waals surface area contributed by atoms with Crippen molar-refractivity contribution in [3.8, 4) is 11.1 Å². The van der Waals surface area contributed by atoms with Gasteiger partial charge in [0.05, 0.1) is 5.69 Å². The van der Waals surface area contributed by atoms with Crippen LogP contribution in [0.2, 0.25) is 0 Å². The third kappa shape index (κ3) is 3.61. The minimum atomic E-state index is -0.0752. The van der Waals surface area contributed by atoms with Gasteiger partial charge in [0.25, 0.3) is 0 Å². The third-order valence-corrected chi connectivity index (χ3v) is 12.3. The first-order valence-corrected chi connectivity index (χ1v) is 17.5. The van der Waals surface area contributed by atoms with Crippen LogP contribution >= 0.6 is 22.7 Å². The molecule has 0 radical (unpaired) electrons. The van der Waals surface area contributed by atoms with Crippen LogP contribution in [-0.2, 0) is 5.41 Å². The Morgan fingerprint density at radius 1 is 0.478 bits per heavy atom. The van der Waals surface area contributed by atoms with E-state index in [0.717, 1.165) is 0 Å². The lowest BCUT2D eigenvalue weighted by molar-refractivity contribution is 0.660. The summed E-state index contributed by atoms with van der Waals surface area (Å²) in [4.78, 5) is 2.51. The van der Waals surface area contributed by atoms with E-state index in [0.29, 0.717) is 0 Å².